The molecule has 0 unspecified atom stereocenters. The van der Waals surface area contributed by atoms with E-state index < -0.39 is 16.0 Å². The number of nitrogens with zero attached hydrogens (tertiary/aromatic N) is 2. The monoisotopic (exact) mass is 420 g/mol. The van der Waals surface area contributed by atoms with E-state index in [4.69, 9.17) is 4.74 Å². The van der Waals surface area contributed by atoms with Crippen molar-refractivity contribution in [1.29, 1.82) is 0 Å². The predicted molar refractivity (Wildman–Crippen MR) is 113 cm³/mol. The molecule has 2 aromatic rings. The number of ether oxygens (including phenoxy) is 2. The van der Waals surface area contributed by atoms with Gasteiger partial charge in [0.05, 0.1) is 19.1 Å². The molecule has 158 valence electrons. The second-order valence-corrected chi connectivity index (χ2v) is 7.11. The van der Waals surface area contributed by atoms with Crippen LogP contribution in [0.25, 0.3) is 0 Å². The molecule has 7 nitrogen and oxygen atoms in total. The Morgan fingerprint density at radius 2 is 1.76 bits per heavy atom. The van der Waals surface area contributed by atoms with Gasteiger partial charge in [0.2, 0.25) is 10.0 Å². The lowest BCUT2D eigenvalue weighted by atomic mass is 10.3. The van der Waals surface area contributed by atoms with E-state index in [1.165, 1.54) is 26.4 Å². The Hall–Kier alpha value is -2.89. The van der Waals surface area contributed by atoms with E-state index in [0.717, 1.165) is 4.31 Å². The van der Waals surface area contributed by atoms with Crippen molar-refractivity contribution in [2.45, 2.75) is 32.2 Å². The summed E-state index contributed by atoms with van der Waals surface area (Å²) in [4.78, 5) is 15.7. The molecule has 8 heteroatoms. The Bertz CT molecular complexity index is 860. The zero-order valence-corrected chi connectivity index (χ0v) is 18.3. The zero-order chi connectivity index (χ0) is 22.3. The molecule has 0 amide bonds. The van der Waals surface area contributed by atoms with Crippen molar-refractivity contribution in [2.24, 2.45) is 0 Å². The van der Waals surface area contributed by atoms with Crippen LogP contribution in [0.3, 0.4) is 0 Å². The lowest BCUT2D eigenvalue weighted by molar-refractivity contribution is -0.140. The fourth-order valence-corrected chi connectivity index (χ4v) is 3.40. The number of pyridine rings is 1. The van der Waals surface area contributed by atoms with E-state index in [1.54, 1.807) is 43.6 Å². The van der Waals surface area contributed by atoms with Crippen molar-refractivity contribution < 1.29 is 22.7 Å². The molecular formula is C21H28N2O5S. The van der Waals surface area contributed by atoms with Gasteiger partial charge in [-0.1, -0.05) is 19.9 Å². The lowest BCUT2D eigenvalue weighted by Crippen LogP contribution is -2.35. The molecule has 0 aliphatic heterocycles. The first-order valence-electron chi connectivity index (χ1n) is 8.86. The molecule has 29 heavy (non-hydrogen) atoms. The first-order valence-corrected chi connectivity index (χ1v) is 10.3. The molecule has 0 saturated carbocycles. The minimum Gasteiger partial charge on any atom is -0.497 e. The third kappa shape index (κ3) is 8.77. The van der Waals surface area contributed by atoms with Crippen LogP contribution in [0.1, 0.15) is 26.3 Å². The molecule has 0 aliphatic carbocycles. The van der Waals surface area contributed by atoms with Gasteiger partial charge in [-0.05, 0) is 42.8 Å². The SMILES string of the molecule is C#CC.CC.COC(=O)CN(Cc1cccnc1)S(=O)(=O)c1ccc(OC)cc1. The van der Waals surface area contributed by atoms with E-state index in [0.29, 0.717) is 11.3 Å². The smallest absolute Gasteiger partial charge is 0.321 e. The van der Waals surface area contributed by atoms with Crippen molar-refractivity contribution in [3.05, 3.63) is 54.4 Å². The van der Waals surface area contributed by atoms with Gasteiger partial charge in [0.15, 0.2) is 0 Å². The van der Waals surface area contributed by atoms with Crippen LogP contribution in [0.4, 0.5) is 0 Å². The predicted octanol–water partition coefficient (Wildman–Crippen LogP) is 3.12. The van der Waals surface area contributed by atoms with E-state index >= 15 is 0 Å². The van der Waals surface area contributed by atoms with Crippen LogP contribution in [0, 0.1) is 12.3 Å². The number of esters is 1. The Balaban J connectivity index is 0.00000143. The average molecular weight is 421 g/mol. The number of rotatable bonds is 7. The molecule has 0 spiro atoms. The number of sulfonamides is 1. The number of carbonyl (C=O) groups excluding carboxylic acids is 1. The Morgan fingerprint density at radius 3 is 2.21 bits per heavy atom. The summed E-state index contributed by atoms with van der Waals surface area (Å²) in [6, 6.07) is 9.40. The number of carbonyl (C=O) groups is 1. The molecule has 2 rings (SSSR count). The van der Waals surface area contributed by atoms with Crippen LogP contribution in [0.2, 0.25) is 0 Å². The van der Waals surface area contributed by atoms with Gasteiger partial charge in [0, 0.05) is 18.9 Å². The highest BCUT2D eigenvalue weighted by atomic mass is 32.2. The number of hydrogen-bond acceptors (Lipinski definition) is 6. The Morgan fingerprint density at radius 1 is 1.17 bits per heavy atom. The van der Waals surface area contributed by atoms with Crippen LogP contribution in [0.5, 0.6) is 5.75 Å². The Labute approximate surface area is 173 Å². The van der Waals surface area contributed by atoms with Crippen molar-refractivity contribution in [1.82, 2.24) is 9.29 Å². The fourth-order valence-electron chi connectivity index (χ4n) is 2.03. The normalized spacial score (nSPS) is 9.83. The number of aromatic nitrogens is 1. The maximum atomic E-state index is 12.8. The van der Waals surface area contributed by atoms with E-state index in [9.17, 15) is 13.2 Å². The topological polar surface area (TPSA) is 85.8 Å². The highest BCUT2D eigenvalue weighted by Crippen LogP contribution is 2.21. The molecule has 1 aromatic heterocycles. The summed E-state index contributed by atoms with van der Waals surface area (Å²) in [5.41, 5.74) is 0.665. The maximum Gasteiger partial charge on any atom is 0.321 e. The minimum atomic E-state index is -3.88. The first kappa shape index (κ1) is 26.1. The summed E-state index contributed by atoms with van der Waals surface area (Å²) in [7, 11) is -1.17. The molecule has 1 aromatic carbocycles. The molecule has 0 aliphatic rings. The summed E-state index contributed by atoms with van der Waals surface area (Å²) in [5.74, 6) is 2.15. The van der Waals surface area contributed by atoms with Gasteiger partial charge >= 0.3 is 5.97 Å². The van der Waals surface area contributed by atoms with Crippen LogP contribution in [0.15, 0.2) is 53.7 Å². The van der Waals surface area contributed by atoms with Gasteiger partial charge in [0.1, 0.15) is 12.3 Å². The molecular weight excluding hydrogens is 392 g/mol. The van der Waals surface area contributed by atoms with Gasteiger partial charge in [-0.15, -0.1) is 12.3 Å². The summed E-state index contributed by atoms with van der Waals surface area (Å²) in [5, 5.41) is 0. The number of hydrogen-bond donors (Lipinski definition) is 0. The van der Waals surface area contributed by atoms with Crippen LogP contribution < -0.4 is 4.74 Å². The van der Waals surface area contributed by atoms with Crippen molar-refractivity contribution >= 4 is 16.0 Å². The van der Waals surface area contributed by atoms with E-state index in [2.05, 4.69) is 22.1 Å². The van der Waals surface area contributed by atoms with Gasteiger partial charge < -0.3 is 9.47 Å². The van der Waals surface area contributed by atoms with Crippen LogP contribution in [-0.4, -0.2) is 44.4 Å². The summed E-state index contributed by atoms with van der Waals surface area (Å²) < 4.78 is 36.4. The van der Waals surface area contributed by atoms with Crippen LogP contribution >= 0.6 is 0 Å². The first-order chi connectivity index (χ1) is 13.9. The standard InChI is InChI=1S/C16H18N2O5S.C3H4.C2H6/c1-22-14-5-7-15(8-6-14)24(20,21)18(12-16(19)23-2)11-13-4-3-9-17-10-13;1-3-2;1-2/h3-10H,11-12H2,1-2H3;1H,2H3;1-2H3. The van der Waals surface area contributed by atoms with Crippen molar-refractivity contribution in [2.75, 3.05) is 20.8 Å². The van der Waals surface area contributed by atoms with Gasteiger partial charge in [-0.25, -0.2) is 8.42 Å². The molecule has 0 atom stereocenters. The third-order valence-corrected chi connectivity index (χ3v) is 5.12. The highest BCUT2D eigenvalue weighted by molar-refractivity contribution is 7.89. The third-order valence-electron chi connectivity index (χ3n) is 3.31. The number of terminal acetylenes is 1. The quantitative estimate of drug-likeness (QED) is 0.505. The van der Waals surface area contributed by atoms with Gasteiger partial charge in [-0.3, -0.25) is 9.78 Å². The zero-order valence-electron chi connectivity index (χ0n) is 17.5. The number of methoxy groups -OCH3 is 2. The van der Waals surface area contributed by atoms with Gasteiger partial charge in [0.25, 0.3) is 0 Å². The lowest BCUT2D eigenvalue weighted by Gasteiger charge is -2.21. The largest absolute Gasteiger partial charge is 0.497 e. The summed E-state index contributed by atoms with van der Waals surface area (Å²) >= 11 is 0. The maximum absolute atomic E-state index is 12.8. The second-order valence-electron chi connectivity index (χ2n) is 5.17. The van der Waals surface area contributed by atoms with E-state index in [-0.39, 0.29) is 18.0 Å². The van der Waals surface area contributed by atoms with Crippen molar-refractivity contribution in [3.8, 4) is 18.1 Å². The minimum absolute atomic E-state index is 0.0112. The Kier molecular flexibility index (Phi) is 12.7. The molecule has 0 N–H and O–H groups in total. The number of benzene rings is 1. The van der Waals surface area contributed by atoms with E-state index in [1.807, 2.05) is 13.8 Å². The summed E-state index contributed by atoms with van der Waals surface area (Å²) in [6.45, 7) is 5.27. The van der Waals surface area contributed by atoms with Crippen LogP contribution in [-0.2, 0) is 26.1 Å². The second kappa shape index (κ2) is 14.2. The fraction of sp³-hybridized carbons (Fsp3) is 0.333. The van der Waals surface area contributed by atoms with Gasteiger partial charge in [-0.2, -0.15) is 4.31 Å². The molecule has 0 saturated heterocycles. The molecule has 0 radical (unpaired) electrons. The molecule has 1 heterocycles. The summed E-state index contributed by atoms with van der Waals surface area (Å²) in [6.07, 6.45) is 7.74. The van der Waals surface area contributed by atoms with Crippen molar-refractivity contribution in [3.63, 3.8) is 0 Å². The molecule has 0 fully saturated rings. The average Bonchev–Trinajstić information content (AvgIpc) is 2.76. The molecule has 0 bridgehead atoms. The highest BCUT2D eigenvalue weighted by Gasteiger charge is 2.27.